The summed E-state index contributed by atoms with van der Waals surface area (Å²) in [6.07, 6.45) is 7.83. The highest BCUT2D eigenvalue weighted by atomic mass is 16.5. The first-order chi connectivity index (χ1) is 12.7. The Morgan fingerprint density at radius 1 is 1.38 bits per heavy atom. The van der Waals surface area contributed by atoms with Gasteiger partial charge >= 0.3 is 0 Å². The van der Waals surface area contributed by atoms with Crippen molar-refractivity contribution in [3.05, 3.63) is 18.0 Å². The van der Waals surface area contributed by atoms with Crippen LogP contribution in [0.1, 0.15) is 37.7 Å². The van der Waals surface area contributed by atoms with Gasteiger partial charge in [0.05, 0.1) is 19.3 Å². The molecule has 26 heavy (non-hydrogen) atoms. The third kappa shape index (κ3) is 4.76. The molecule has 2 fully saturated rings. The average molecular weight is 363 g/mol. The van der Waals surface area contributed by atoms with Crippen molar-refractivity contribution in [2.75, 3.05) is 53.0 Å². The van der Waals surface area contributed by atoms with Gasteiger partial charge in [-0.25, -0.2) is 0 Å². The number of nitrogens with one attached hydrogen (secondary N) is 1. The number of hydrogen-bond acceptors (Lipinski definition) is 4. The normalized spacial score (nSPS) is 24.6. The van der Waals surface area contributed by atoms with Crippen molar-refractivity contribution in [1.82, 2.24) is 24.9 Å². The number of methoxy groups -OCH3 is 1. The van der Waals surface area contributed by atoms with Crippen molar-refractivity contribution in [3.63, 3.8) is 0 Å². The smallest absolute Gasteiger partial charge is 0.193 e. The Kier molecular flexibility index (Phi) is 6.91. The zero-order chi connectivity index (χ0) is 18.4. The topological polar surface area (TPSA) is 57.9 Å². The van der Waals surface area contributed by atoms with E-state index in [1.807, 2.05) is 17.9 Å². The largest absolute Gasteiger partial charge is 0.383 e. The van der Waals surface area contributed by atoms with E-state index in [1.165, 1.54) is 31.4 Å². The minimum atomic E-state index is 0.551. The summed E-state index contributed by atoms with van der Waals surface area (Å²) in [5.41, 5.74) is 1.34. The molecule has 2 atom stereocenters. The molecule has 0 aromatic carbocycles. The maximum atomic E-state index is 5.25. The van der Waals surface area contributed by atoms with Gasteiger partial charge < -0.3 is 15.0 Å². The number of aryl methyl sites for hydroxylation is 1. The first kappa shape index (κ1) is 19.2. The van der Waals surface area contributed by atoms with Crippen molar-refractivity contribution in [1.29, 1.82) is 0 Å². The maximum absolute atomic E-state index is 5.25. The third-order valence-electron chi connectivity index (χ3n) is 5.55. The lowest BCUT2D eigenvalue weighted by Gasteiger charge is -2.25. The molecule has 1 aromatic heterocycles. The van der Waals surface area contributed by atoms with E-state index in [1.54, 1.807) is 7.11 Å². The summed E-state index contributed by atoms with van der Waals surface area (Å²) < 4.78 is 7.14. The van der Waals surface area contributed by atoms with Crippen LogP contribution in [-0.2, 0) is 11.8 Å². The average Bonchev–Trinajstić information content (AvgIpc) is 3.37. The number of likely N-dealkylation sites (tertiary alicyclic amines) is 2. The molecule has 7 nitrogen and oxygen atoms in total. The third-order valence-corrected chi connectivity index (χ3v) is 5.55. The van der Waals surface area contributed by atoms with Crippen LogP contribution in [0.3, 0.4) is 0 Å². The summed E-state index contributed by atoms with van der Waals surface area (Å²) >= 11 is 0. The second-order valence-corrected chi connectivity index (χ2v) is 7.40. The van der Waals surface area contributed by atoms with Gasteiger partial charge in [-0.15, -0.1) is 0 Å². The summed E-state index contributed by atoms with van der Waals surface area (Å²) in [7, 11) is 3.76. The van der Waals surface area contributed by atoms with E-state index >= 15 is 0 Å². The van der Waals surface area contributed by atoms with Gasteiger partial charge in [-0.1, -0.05) is 0 Å². The van der Waals surface area contributed by atoms with E-state index in [2.05, 4.69) is 33.3 Å². The highest BCUT2D eigenvalue weighted by Gasteiger charge is 2.28. The molecule has 0 bridgehead atoms. The van der Waals surface area contributed by atoms with E-state index in [4.69, 9.17) is 9.73 Å². The number of rotatable bonds is 7. The highest BCUT2D eigenvalue weighted by Crippen LogP contribution is 2.26. The Bertz CT molecular complexity index is 586. The number of aliphatic imine (C=N–C) groups is 1. The summed E-state index contributed by atoms with van der Waals surface area (Å²) in [6, 6.07) is 0.551. The Morgan fingerprint density at radius 3 is 3.00 bits per heavy atom. The van der Waals surface area contributed by atoms with Crippen molar-refractivity contribution < 1.29 is 4.74 Å². The van der Waals surface area contributed by atoms with Gasteiger partial charge in [-0.3, -0.25) is 14.6 Å². The molecule has 0 aliphatic carbocycles. The summed E-state index contributed by atoms with van der Waals surface area (Å²) in [5, 5.41) is 7.82. The van der Waals surface area contributed by atoms with Crippen LogP contribution in [0.2, 0.25) is 0 Å². The Hall–Kier alpha value is -1.60. The second kappa shape index (κ2) is 9.37. The summed E-state index contributed by atoms with van der Waals surface area (Å²) in [5.74, 6) is 1.62. The summed E-state index contributed by atoms with van der Waals surface area (Å²) in [4.78, 5) is 9.94. The molecule has 1 N–H and O–H groups in total. The van der Waals surface area contributed by atoms with E-state index in [0.29, 0.717) is 12.0 Å². The quantitative estimate of drug-likeness (QED) is 0.585. The number of aromatic nitrogens is 2. The SMILES string of the molecule is CCNC(=NCC1CCCN1CCOC)N1CCC(c2cnn(C)c2)C1. The zero-order valence-electron chi connectivity index (χ0n) is 16.5. The first-order valence-corrected chi connectivity index (χ1v) is 9.96. The van der Waals surface area contributed by atoms with Crippen molar-refractivity contribution in [2.24, 2.45) is 12.0 Å². The van der Waals surface area contributed by atoms with Crippen LogP contribution in [0.5, 0.6) is 0 Å². The van der Waals surface area contributed by atoms with E-state index in [9.17, 15) is 0 Å². The Labute approximate surface area is 157 Å². The lowest BCUT2D eigenvalue weighted by atomic mass is 10.0. The fourth-order valence-corrected chi connectivity index (χ4v) is 4.10. The fourth-order valence-electron chi connectivity index (χ4n) is 4.10. The molecule has 1 aromatic rings. The molecular weight excluding hydrogens is 328 g/mol. The van der Waals surface area contributed by atoms with Gasteiger partial charge in [0.2, 0.25) is 0 Å². The molecule has 2 aliphatic rings. The molecule has 2 aliphatic heterocycles. The number of nitrogens with zero attached hydrogens (tertiary/aromatic N) is 5. The first-order valence-electron chi connectivity index (χ1n) is 9.96. The predicted octanol–water partition coefficient (Wildman–Crippen LogP) is 1.29. The Balaban J connectivity index is 1.59. The molecule has 0 amide bonds. The molecule has 146 valence electrons. The predicted molar refractivity (Wildman–Crippen MR) is 105 cm³/mol. The van der Waals surface area contributed by atoms with E-state index < -0.39 is 0 Å². The standard InChI is InChI=1S/C19H34N6O/c1-4-20-19(21-13-18-6-5-8-24(18)10-11-26-3)25-9-7-16(15-25)17-12-22-23(2)14-17/h12,14,16,18H,4-11,13,15H2,1-3H3,(H,20,21). The molecule has 3 heterocycles. The van der Waals surface area contributed by atoms with Gasteiger partial charge in [0.1, 0.15) is 0 Å². The van der Waals surface area contributed by atoms with E-state index in [0.717, 1.165) is 45.3 Å². The molecular formula is C19H34N6O. The van der Waals surface area contributed by atoms with Crippen molar-refractivity contribution in [3.8, 4) is 0 Å². The number of hydrogen-bond donors (Lipinski definition) is 1. The van der Waals surface area contributed by atoms with Crippen LogP contribution in [0.4, 0.5) is 0 Å². The molecule has 2 saturated heterocycles. The van der Waals surface area contributed by atoms with Gasteiger partial charge in [-0.05, 0) is 38.3 Å². The molecule has 0 spiro atoms. The number of ether oxygens (including phenoxy) is 1. The van der Waals surface area contributed by atoms with Crippen LogP contribution >= 0.6 is 0 Å². The zero-order valence-corrected chi connectivity index (χ0v) is 16.5. The lowest BCUT2D eigenvalue weighted by Crippen LogP contribution is -2.41. The van der Waals surface area contributed by atoms with Crippen LogP contribution < -0.4 is 5.32 Å². The molecule has 2 unspecified atom stereocenters. The molecule has 7 heteroatoms. The molecule has 0 saturated carbocycles. The van der Waals surface area contributed by atoms with Crippen LogP contribution in [-0.4, -0.2) is 84.6 Å². The Morgan fingerprint density at radius 2 is 2.27 bits per heavy atom. The highest BCUT2D eigenvalue weighted by molar-refractivity contribution is 5.80. The van der Waals surface area contributed by atoms with Gasteiger partial charge in [0.15, 0.2) is 5.96 Å². The van der Waals surface area contributed by atoms with Crippen molar-refractivity contribution >= 4 is 5.96 Å². The fraction of sp³-hybridized carbons (Fsp3) is 0.789. The maximum Gasteiger partial charge on any atom is 0.193 e. The minimum absolute atomic E-state index is 0.551. The van der Waals surface area contributed by atoms with E-state index in [-0.39, 0.29) is 0 Å². The van der Waals surface area contributed by atoms with Gasteiger partial charge in [-0.2, -0.15) is 5.10 Å². The van der Waals surface area contributed by atoms with Crippen LogP contribution in [0.25, 0.3) is 0 Å². The monoisotopic (exact) mass is 362 g/mol. The minimum Gasteiger partial charge on any atom is -0.383 e. The molecule has 0 radical (unpaired) electrons. The van der Waals surface area contributed by atoms with Crippen molar-refractivity contribution in [2.45, 2.75) is 38.1 Å². The van der Waals surface area contributed by atoms with Gasteiger partial charge in [0.25, 0.3) is 0 Å². The second-order valence-electron chi connectivity index (χ2n) is 7.40. The van der Waals surface area contributed by atoms with Gasteiger partial charge in [0, 0.05) is 58.5 Å². The lowest BCUT2D eigenvalue weighted by molar-refractivity contribution is 0.142. The molecule has 3 rings (SSSR count). The van der Waals surface area contributed by atoms with Crippen LogP contribution in [0, 0.1) is 0 Å². The van der Waals surface area contributed by atoms with Crippen LogP contribution in [0.15, 0.2) is 17.4 Å². The summed E-state index contributed by atoms with van der Waals surface area (Å²) in [6.45, 7) is 9.00. The number of guanidine groups is 1.